The van der Waals surface area contributed by atoms with E-state index in [4.69, 9.17) is 0 Å². The molecule has 0 radical (unpaired) electrons. The van der Waals surface area contributed by atoms with Gasteiger partial charge in [0.1, 0.15) is 23.0 Å². The average molecular weight is 675 g/mol. The molecule has 4 N–H and O–H groups in total. The number of carbonyl (C=O) groups is 5. The van der Waals surface area contributed by atoms with Crippen molar-refractivity contribution in [3.63, 3.8) is 0 Å². The Bertz CT molecular complexity index is 1590. The molecule has 5 rings (SSSR count). The Kier molecular flexibility index (Phi) is 12.8. The normalized spacial score (nSPS) is 20.4. The van der Waals surface area contributed by atoms with Crippen molar-refractivity contribution in [2.45, 2.75) is 85.0 Å². The Balaban J connectivity index is 1.63. The molecule has 5 amide bonds. The molecular formula is C36H46N6O5S. The van der Waals surface area contributed by atoms with E-state index in [0.717, 1.165) is 16.1 Å². The van der Waals surface area contributed by atoms with Gasteiger partial charge in [-0.1, -0.05) is 56.3 Å². The molecule has 48 heavy (non-hydrogen) atoms. The Morgan fingerprint density at radius 2 is 1.58 bits per heavy atom. The largest absolute Gasteiger partial charge is 0.354 e. The molecule has 0 saturated heterocycles. The number of amides is 5. The molecular weight excluding hydrogens is 629 g/mol. The monoisotopic (exact) mass is 674 g/mol. The predicted octanol–water partition coefficient (Wildman–Crippen LogP) is 3.69. The summed E-state index contributed by atoms with van der Waals surface area (Å²) < 4.78 is 0. The maximum absolute atomic E-state index is 13.7. The predicted molar refractivity (Wildman–Crippen MR) is 185 cm³/mol. The van der Waals surface area contributed by atoms with Gasteiger partial charge in [0.25, 0.3) is 11.8 Å². The van der Waals surface area contributed by atoms with E-state index >= 15 is 0 Å². The van der Waals surface area contributed by atoms with Crippen molar-refractivity contribution in [3.05, 3.63) is 86.9 Å². The number of nitrogens with one attached hydrogen (secondary N) is 4. The maximum atomic E-state index is 13.7. The van der Waals surface area contributed by atoms with Crippen LogP contribution in [0.1, 0.15) is 81.9 Å². The molecule has 1 aromatic heterocycles. The van der Waals surface area contributed by atoms with E-state index in [9.17, 15) is 24.0 Å². The van der Waals surface area contributed by atoms with Crippen molar-refractivity contribution >= 4 is 40.9 Å². The molecule has 0 saturated carbocycles. The minimum atomic E-state index is -0.976. The van der Waals surface area contributed by atoms with Crippen LogP contribution in [-0.4, -0.2) is 70.6 Å². The average Bonchev–Trinajstić information content (AvgIpc) is 3.40. The third kappa shape index (κ3) is 10.2. The third-order valence-electron chi connectivity index (χ3n) is 8.13. The summed E-state index contributed by atoms with van der Waals surface area (Å²) in [6.45, 7) is 10.3. The zero-order valence-electron chi connectivity index (χ0n) is 28.3. The van der Waals surface area contributed by atoms with Gasteiger partial charge in [0.05, 0.1) is 10.7 Å². The van der Waals surface area contributed by atoms with Gasteiger partial charge in [0.2, 0.25) is 17.7 Å². The van der Waals surface area contributed by atoms with E-state index in [0.29, 0.717) is 55.0 Å². The summed E-state index contributed by atoms with van der Waals surface area (Å²) in [6.07, 6.45) is 1.80. The summed E-state index contributed by atoms with van der Waals surface area (Å²) in [4.78, 5) is 73.9. The lowest BCUT2D eigenvalue weighted by atomic mass is 10.0. The van der Waals surface area contributed by atoms with Crippen LogP contribution >= 0.6 is 11.3 Å². The number of fused-ring (bicyclic) bond motifs is 18. The highest BCUT2D eigenvalue weighted by Gasteiger charge is 2.30. The van der Waals surface area contributed by atoms with E-state index in [1.165, 1.54) is 11.3 Å². The van der Waals surface area contributed by atoms with Gasteiger partial charge in [-0.25, -0.2) is 4.98 Å². The van der Waals surface area contributed by atoms with Crippen molar-refractivity contribution in [2.24, 2.45) is 5.92 Å². The standard InChI is InChI=1S/C36H46N6O5S/c1-22(2)19-29-34(45)39-24(4)32(43)37-17-9-10-18-42(36(47)31-23(3)38-25(5)48-31)21-27-13-15-28(16-14-27)33(44)40-30(35(46)41-29)20-26-11-7-6-8-12-26/h6-8,11-16,22,24,29-30H,9-10,17-21H2,1-5H3,(H,37,43)(H,39,45)(H,40,44)(H,41,46)/t24-,29+,30-/m1/s1. The zero-order valence-corrected chi connectivity index (χ0v) is 29.1. The van der Waals surface area contributed by atoms with Gasteiger partial charge in [-0.3, -0.25) is 24.0 Å². The zero-order chi connectivity index (χ0) is 34.8. The molecule has 0 spiro atoms. The van der Waals surface area contributed by atoms with E-state index in [1.807, 2.05) is 58.0 Å². The third-order valence-corrected chi connectivity index (χ3v) is 9.19. The molecule has 3 atom stereocenters. The van der Waals surface area contributed by atoms with Gasteiger partial charge in [-0.05, 0) is 69.2 Å². The molecule has 3 aromatic rings. The number of rotatable bonds is 5. The van der Waals surface area contributed by atoms with Gasteiger partial charge in [0, 0.05) is 31.6 Å². The second-order valence-corrected chi connectivity index (χ2v) is 13.9. The number of benzene rings is 2. The van der Waals surface area contributed by atoms with E-state index < -0.39 is 35.8 Å². The number of thiazole rings is 1. The first kappa shape index (κ1) is 36.3. The highest BCUT2D eigenvalue weighted by molar-refractivity contribution is 7.13. The molecule has 0 fully saturated rings. The van der Waals surface area contributed by atoms with Crippen molar-refractivity contribution in [3.8, 4) is 0 Å². The van der Waals surface area contributed by atoms with Crippen LogP contribution in [0.25, 0.3) is 0 Å². The molecule has 2 bridgehead atoms. The fourth-order valence-corrected chi connectivity index (χ4v) is 6.44. The Morgan fingerprint density at radius 3 is 2.23 bits per heavy atom. The minimum Gasteiger partial charge on any atom is -0.354 e. The number of aryl methyl sites for hydroxylation is 2. The molecule has 11 nitrogen and oxygen atoms in total. The summed E-state index contributed by atoms with van der Waals surface area (Å²) in [5, 5.41) is 12.1. The van der Waals surface area contributed by atoms with Crippen molar-refractivity contribution in [1.29, 1.82) is 0 Å². The van der Waals surface area contributed by atoms with E-state index in [1.54, 1.807) is 36.1 Å². The SMILES string of the molecule is Cc1nc(C)c(C(=O)N2CCCCNC(=O)[C@@H](C)NC(=O)[C@H](CC(C)C)NC(=O)[C@@H](Cc3ccccc3)NC(=O)c3ccc(cc3)C2)s1. The Morgan fingerprint density at radius 1 is 0.896 bits per heavy atom. The van der Waals surface area contributed by atoms with Crippen LogP contribution in [0.3, 0.4) is 0 Å². The number of nitrogens with zero attached hydrogens (tertiary/aromatic N) is 2. The van der Waals surface area contributed by atoms with Crippen molar-refractivity contribution in [2.75, 3.05) is 13.1 Å². The van der Waals surface area contributed by atoms with Crippen LogP contribution < -0.4 is 21.3 Å². The van der Waals surface area contributed by atoms with Gasteiger partial charge < -0.3 is 26.2 Å². The smallest absolute Gasteiger partial charge is 0.266 e. The van der Waals surface area contributed by atoms with Crippen LogP contribution in [0.5, 0.6) is 0 Å². The van der Waals surface area contributed by atoms with Crippen molar-refractivity contribution in [1.82, 2.24) is 31.2 Å². The van der Waals surface area contributed by atoms with Crippen LogP contribution in [0, 0.1) is 19.8 Å². The van der Waals surface area contributed by atoms with Gasteiger partial charge in [-0.2, -0.15) is 0 Å². The van der Waals surface area contributed by atoms with Crippen LogP contribution in [-0.2, 0) is 27.3 Å². The Labute approximate surface area is 286 Å². The molecule has 2 aliphatic rings. The van der Waals surface area contributed by atoms with Crippen LogP contribution in [0.2, 0.25) is 0 Å². The summed E-state index contributed by atoms with van der Waals surface area (Å²) in [6, 6.07) is 13.6. The van der Waals surface area contributed by atoms with E-state index in [-0.39, 0.29) is 24.2 Å². The molecule has 256 valence electrons. The van der Waals surface area contributed by atoms with E-state index in [2.05, 4.69) is 26.3 Å². The number of carbonyl (C=O) groups excluding carboxylic acids is 5. The summed E-state index contributed by atoms with van der Waals surface area (Å²) >= 11 is 1.36. The second kappa shape index (κ2) is 17.0. The maximum Gasteiger partial charge on any atom is 0.266 e. The van der Waals surface area contributed by atoms with Gasteiger partial charge in [-0.15, -0.1) is 11.3 Å². The molecule has 0 unspecified atom stereocenters. The summed E-state index contributed by atoms with van der Waals surface area (Å²) in [5.41, 5.74) is 2.72. The van der Waals surface area contributed by atoms with Crippen molar-refractivity contribution < 1.29 is 24.0 Å². The first-order chi connectivity index (χ1) is 22.9. The quantitative estimate of drug-likeness (QED) is 0.304. The molecule has 0 aliphatic carbocycles. The molecule has 12 heteroatoms. The molecule has 2 aromatic carbocycles. The van der Waals surface area contributed by atoms with Crippen LogP contribution in [0.15, 0.2) is 54.6 Å². The number of aromatic nitrogens is 1. The van der Waals surface area contributed by atoms with Crippen LogP contribution in [0.4, 0.5) is 0 Å². The lowest BCUT2D eigenvalue weighted by molar-refractivity contribution is -0.132. The lowest BCUT2D eigenvalue weighted by Crippen LogP contribution is -2.57. The first-order valence-corrected chi connectivity index (χ1v) is 17.3. The lowest BCUT2D eigenvalue weighted by Gasteiger charge is -2.25. The topological polar surface area (TPSA) is 150 Å². The van der Waals surface area contributed by atoms with Gasteiger partial charge >= 0.3 is 0 Å². The second-order valence-electron chi connectivity index (χ2n) is 12.7. The fraction of sp³-hybridized carbons (Fsp3) is 0.444. The summed E-state index contributed by atoms with van der Waals surface area (Å²) in [7, 11) is 0. The number of hydrogen-bond donors (Lipinski definition) is 4. The fourth-order valence-electron chi connectivity index (χ4n) is 5.56. The highest BCUT2D eigenvalue weighted by atomic mass is 32.1. The molecule has 2 aliphatic heterocycles. The van der Waals surface area contributed by atoms with Gasteiger partial charge in [0.15, 0.2) is 0 Å². The molecule has 3 heterocycles. The minimum absolute atomic E-state index is 0.0656. The first-order valence-electron chi connectivity index (χ1n) is 16.5. The number of hydrogen-bond acceptors (Lipinski definition) is 7. The highest BCUT2D eigenvalue weighted by Crippen LogP contribution is 2.21. The Hall–Kier alpha value is -4.58. The summed E-state index contributed by atoms with van der Waals surface area (Å²) in [5.74, 6) is -1.83.